The number of furan rings is 1. The fraction of sp³-hybridized carbons (Fsp3) is 0.312. The molecule has 0 saturated heterocycles. The van der Waals surface area contributed by atoms with Crippen molar-refractivity contribution in [2.45, 2.75) is 36.2 Å². The second-order valence-corrected chi connectivity index (χ2v) is 8.32. The lowest BCUT2D eigenvalue weighted by atomic mass is 10.1. The Kier molecular flexibility index (Phi) is 5.07. The number of amides is 1. The maximum absolute atomic E-state index is 12.6. The summed E-state index contributed by atoms with van der Waals surface area (Å²) in [6, 6.07) is 9.07. The molecule has 1 aliphatic rings. The molecule has 1 atom stereocenters. The second kappa shape index (κ2) is 7.08. The smallest absolute Gasteiger partial charge is 0.241 e. The summed E-state index contributed by atoms with van der Waals surface area (Å²) in [5.74, 6) is 0.207. The minimum absolute atomic E-state index is 0.0141. The van der Waals surface area contributed by atoms with Gasteiger partial charge >= 0.3 is 0 Å². The fourth-order valence-corrected chi connectivity index (χ4v) is 3.73. The number of sulfonamides is 1. The van der Waals surface area contributed by atoms with Gasteiger partial charge in [-0.05, 0) is 49.2 Å². The van der Waals surface area contributed by atoms with E-state index in [1.165, 1.54) is 18.4 Å². The maximum atomic E-state index is 12.6. The van der Waals surface area contributed by atoms with Crippen LogP contribution in [0.4, 0.5) is 0 Å². The first-order valence-electron chi connectivity index (χ1n) is 7.55. The van der Waals surface area contributed by atoms with Crippen LogP contribution in [0.3, 0.4) is 0 Å². The summed E-state index contributed by atoms with van der Waals surface area (Å²) in [6.07, 6.45) is 3.39. The summed E-state index contributed by atoms with van der Waals surface area (Å²) in [7, 11) is -3.77. The van der Waals surface area contributed by atoms with Crippen molar-refractivity contribution in [1.82, 2.24) is 10.0 Å². The van der Waals surface area contributed by atoms with Gasteiger partial charge in [0.25, 0.3) is 0 Å². The van der Waals surface area contributed by atoms with Gasteiger partial charge in [-0.25, -0.2) is 8.42 Å². The number of halogens is 1. The van der Waals surface area contributed by atoms with Crippen LogP contribution < -0.4 is 10.0 Å². The van der Waals surface area contributed by atoms with Crippen LogP contribution in [0.5, 0.6) is 0 Å². The molecular formula is C16H17BrN2O4S. The van der Waals surface area contributed by atoms with Crippen LogP contribution in [0, 0.1) is 0 Å². The summed E-state index contributed by atoms with van der Waals surface area (Å²) in [6.45, 7) is 0. The Morgan fingerprint density at radius 3 is 2.54 bits per heavy atom. The number of benzene rings is 1. The molecule has 2 N–H and O–H groups in total. The number of carbonyl (C=O) groups excluding carboxylic acids is 1. The van der Waals surface area contributed by atoms with Crippen LogP contribution in [-0.4, -0.2) is 20.4 Å². The maximum Gasteiger partial charge on any atom is 0.241 e. The van der Waals surface area contributed by atoms with Crippen molar-refractivity contribution >= 4 is 31.9 Å². The van der Waals surface area contributed by atoms with Gasteiger partial charge in [0.05, 0.1) is 23.6 Å². The van der Waals surface area contributed by atoms with E-state index in [9.17, 15) is 13.2 Å². The number of rotatable bonds is 7. The molecule has 1 aromatic carbocycles. The summed E-state index contributed by atoms with van der Waals surface area (Å²) in [5, 5.41) is 2.86. The zero-order valence-electron chi connectivity index (χ0n) is 12.7. The van der Waals surface area contributed by atoms with Crippen LogP contribution in [0.15, 0.2) is 56.4 Å². The summed E-state index contributed by atoms with van der Waals surface area (Å²) in [4.78, 5) is 12.2. The van der Waals surface area contributed by atoms with Gasteiger partial charge in [0.1, 0.15) is 5.76 Å². The molecule has 24 heavy (non-hydrogen) atoms. The number of nitrogens with one attached hydrogen (secondary N) is 2. The molecule has 8 heteroatoms. The third-order valence-electron chi connectivity index (χ3n) is 3.64. The minimum Gasteiger partial charge on any atom is -0.468 e. The molecule has 0 radical (unpaired) electrons. The Morgan fingerprint density at radius 2 is 1.96 bits per heavy atom. The van der Waals surface area contributed by atoms with Crippen LogP contribution in [0.2, 0.25) is 0 Å². The first kappa shape index (κ1) is 17.2. The molecule has 0 bridgehead atoms. The molecule has 2 aromatic rings. The highest BCUT2D eigenvalue weighted by molar-refractivity contribution is 9.10. The van der Waals surface area contributed by atoms with Crippen molar-refractivity contribution in [1.29, 1.82) is 0 Å². The zero-order chi connectivity index (χ0) is 17.2. The van der Waals surface area contributed by atoms with Gasteiger partial charge in [0.15, 0.2) is 0 Å². The lowest BCUT2D eigenvalue weighted by Crippen LogP contribution is -2.34. The van der Waals surface area contributed by atoms with E-state index in [2.05, 4.69) is 26.0 Å². The number of carbonyl (C=O) groups is 1. The zero-order valence-corrected chi connectivity index (χ0v) is 15.1. The van der Waals surface area contributed by atoms with Crippen molar-refractivity contribution in [3.05, 3.63) is 52.9 Å². The Hall–Kier alpha value is -1.64. The molecule has 6 nitrogen and oxygen atoms in total. The quantitative estimate of drug-likeness (QED) is 0.731. The normalized spacial score (nSPS) is 15.9. The van der Waals surface area contributed by atoms with Crippen LogP contribution >= 0.6 is 15.9 Å². The molecule has 128 valence electrons. The van der Waals surface area contributed by atoms with Gasteiger partial charge in [0.2, 0.25) is 15.9 Å². The average molecular weight is 413 g/mol. The summed E-state index contributed by atoms with van der Waals surface area (Å²) in [5.41, 5.74) is 0. The van der Waals surface area contributed by atoms with Crippen molar-refractivity contribution in [3.8, 4) is 0 Å². The molecule has 1 aliphatic carbocycles. The van der Waals surface area contributed by atoms with E-state index >= 15 is 0 Å². The Labute approximate surface area is 148 Å². The molecule has 1 heterocycles. The van der Waals surface area contributed by atoms with E-state index in [1.54, 1.807) is 24.3 Å². The van der Waals surface area contributed by atoms with Crippen molar-refractivity contribution in [2.24, 2.45) is 0 Å². The molecular weight excluding hydrogens is 396 g/mol. The molecule has 1 amide bonds. The lowest BCUT2D eigenvalue weighted by Gasteiger charge is -2.16. The van der Waals surface area contributed by atoms with Gasteiger partial charge in [-0.1, -0.05) is 15.9 Å². The van der Waals surface area contributed by atoms with E-state index in [0.29, 0.717) is 5.76 Å². The largest absolute Gasteiger partial charge is 0.468 e. The highest BCUT2D eigenvalue weighted by Crippen LogP contribution is 2.24. The SMILES string of the molecule is O=C(CC(NS(=O)(=O)c1ccc(Br)cc1)c1ccco1)NC1CC1. The Balaban J connectivity index is 1.77. The first-order valence-corrected chi connectivity index (χ1v) is 9.82. The van der Waals surface area contributed by atoms with Gasteiger partial charge in [-0.3, -0.25) is 4.79 Å². The average Bonchev–Trinajstić information content (AvgIpc) is 3.16. The topological polar surface area (TPSA) is 88.4 Å². The molecule has 3 rings (SSSR count). The van der Waals surface area contributed by atoms with E-state index in [1.807, 2.05) is 0 Å². The van der Waals surface area contributed by atoms with E-state index in [-0.39, 0.29) is 23.3 Å². The molecule has 0 spiro atoms. The monoisotopic (exact) mass is 412 g/mol. The highest BCUT2D eigenvalue weighted by atomic mass is 79.9. The first-order chi connectivity index (χ1) is 11.4. The van der Waals surface area contributed by atoms with E-state index < -0.39 is 16.1 Å². The summed E-state index contributed by atoms with van der Waals surface area (Å²) < 4.78 is 33.8. The predicted octanol–water partition coefficient (Wildman–Crippen LogP) is 2.73. The highest BCUT2D eigenvalue weighted by Gasteiger charge is 2.28. The standard InChI is InChI=1S/C16H17BrN2O4S/c17-11-3-7-13(8-4-11)24(21,22)19-14(15-2-1-9-23-15)10-16(20)18-12-5-6-12/h1-4,7-9,12,14,19H,5-6,10H2,(H,18,20). The van der Waals surface area contributed by atoms with Gasteiger partial charge in [0, 0.05) is 10.5 Å². The Bertz CT molecular complexity index is 799. The predicted molar refractivity (Wildman–Crippen MR) is 91.7 cm³/mol. The molecule has 1 aromatic heterocycles. The van der Waals surface area contributed by atoms with Gasteiger partial charge in [-0.15, -0.1) is 0 Å². The number of hydrogen-bond donors (Lipinski definition) is 2. The van der Waals surface area contributed by atoms with Crippen molar-refractivity contribution < 1.29 is 17.6 Å². The minimum atomic E-state index is -3.77. The van der Waals surface area contributed by atoms with E-state index in [4.69, 9.17) is 4.42 Å². The van der Waals surface area contributed by atoms with Crippen molar-refractivity contribution in [2.75, 3.05) is 0 Å². The van der Waals surface area contributed by atoms with Crippen LogP contribution in [0.25, 0.3) is 0 Å². The van der Waals surface area contributed by atoms with Crippen LogP contribution in [-0.2, 0) is 14.8 Å². The third kappa shape index (κ3) is 4.46. The molecule has 1 saturated carbocycles. The van der Waals surface area contributed by atoms with Crippen LogP contribution in [0.1, 0.15) is 31.1 Å². The Morgan fingerprint density at radius 1 is 1.25 bits per heavy atom. The third-order valence-corrected chi connectivity index (χ3v) is 5.66. The molecule has 0 aliphatic heterocycles. The lowest BCUT2D eigenvalue weighted by molar-refractivity contribution is -0.121. The summed E-state index contributed by atoms with van der Waals surface area (Å²) >= 11 is 3.27. The van der Waals surface area contributed by atoms with Crippen molar-refractivity contribution in [3.63, 3.8) is 0 Å². The number of hydrogen-bond acceptors (Lipinski definition) is 4. The molecule has 1 unspecified atom stereocenters. The van der Waals surface area contributed by atoms with Gasteiger partial charge < -0.3 is 9.73 Å². The van der Waals surface area contributed by atoms with Gasteiger partial charge in [-0.2, -0.15) is 4.72 Å². The second-order valence-electron chi connectivity index (χ2n) is 5.69. The fourth-order valence-electron chi connectivity index (χ4n) is 2.26. The van der Waals surface area contributed by atoms with E-state index in [0.717, 1.165) is 17.3 Å². The molecule has 1 fully saturated rings.